The van der Waals surface area contributed by atoms with Crippen LogP contribution in [0, 0.1) is 5.92 Å². The molecule has 0 spiro atoms. The van der Waals surface area contributed by atoms with Crippen molar-refractivity contribution in [1.29, 1.82) is 0 Å². The molecule has 2 aromatic carbocycles. The van der Waals surface area contributed by atoms with E-state index in [1.165, 1.54) is 0 Å². The zero-order valence-electron chi connectivity index (χ0n) is 19.4. The van der Waals surface area contributed by atoms with E-state index in [-0.39, 0.29) is 23.3 Å². The van der Waals surface area contributed by atoms with Crippen LogP contribution in [0.25, 0.3) is 0 Å². The van der Waals surface area contributed by atoms with Gasteiger partial charge in [0.25, 0.3) is 5.56 Å². The number of esters is 1. The van der Waals surface area contributed by atoms with Crippen LogP contribution in [-0.2, 0) is 16.1 Å². The van der Waals surface area contributed by atoms with Crippen LogP contribution in [0.1, 0.15) is 51.5 Å². The SMILES string of the molecule is COc1ccc(C2OC(=O)c3ccccc3C2C(=O)N2CC3CC(C2)c2cccc(=O)n2C3)cc1. The molecule has 0 aliphatic carbocycles. The third-order valence-electron chi connectivity index (χ3n) is 7.55. The summed E-state index contributed by atoms with van der Waals surface area (Å²) < 4.78 is 13.0. The molecule has 0 N–H and O–H groups in total. The quantitative estimate of drug-likeness (QED) is 0.548. The smallest absolute Gasteiger partial charge is 0.339 e. The van der Waals surface area contributed by atoms with Crippen LogP contribution in [0.4, 0.5) is 0 Å². The predicted molar refractivity (Wildman–Crippen MR) is 128 cm³/mol. The average molecular weight is 471 g/mol. The topological polar surface area (TPSA) is 77.8 Å². The summed E-state index contributed by atoms with van der Waals surface area (Å²) in [7, 11) is 1.59. The van der Waals surface area contributed by atoms with Crippen LogP contribution >= 0.6 is 0 Å². The highest BCUT2D eigenvalue weighted by Gasteiger charge is 2.45. The molecule has 3 aliphatic rings. The number of carbonyl (C=O) groups excluding carboxylic acids is 2. The first-order valence-corrected chi connectivity index (χ1v) is 12.0. The molecule has 0 saturated carbocycles. The molecule has 1 aromatic heterocycles. The molecule has 4 heterocycles. The molecule has 1 saturated heterocycles. The molecular formula is C28H26N2O5. The number of pyridine rings is 1. The first-order chi connectivity index (χ1) is 17.0. The Balaban J connectivity index is 1.37. The highest BCUT2D eigenvalue weighted by molar-refractivity contribution is 5.97. The molecule has 0 radical (unpaired) electrons. The van der Waals surface area contributed by atoms with E-state index in [4.69, 9.17) is 9.47 Å². The van der Waals surface area contributed by atoms with Crippen LogP contribution in [-0.4, -0.2) is 41.5 Å². The average Bonchev–Trinajstić information content (AvgIpc) is 2.89. The summed E-state index contributed by atoms with van der Waals surface area (Å²) in [6, 6.07) is 19.9. The molecular weight excluding hydrogens is 444 g/mol. The number of ether oxygens (including phenoxy) is 2. The Labute approximate surface area is 202 Å². The molecule has 3 aromatic rings. The lowest BCUT2D eigenvalue weighted by molar-refractivity contribution is -0.139. The zero-order valence-corrected chi connectivity index (χ0v) is 19.4. The molecule has 2 bridgehead atoms. The van der Waals surface area contributed by atoms with Crippen molar-refractivity contribution < 1.29 is 19.1 Å². The Morgan fingerprint density at radius 2 is 1.74 bits per heavy atom. The van der Waals surface area contributed by atoms with E-state index in [1.807, 2.05) is 51.9 Å². The molecule has 1 amide bonds. The van der Waals surface area contributed by atoms with E-state index < -0.39 is 18.0 Å². The number of aromatic nitrogens is 1. The van der Waals surface area contributed by atoms with Crippen LogP contribution in [0.3, 0.4) is 0 Å². The maximum Gasteiger partial charge on any atom is 0.339 e. The van der Waals surface area contributed by atoms with Gasteiger partial charge in [-0.05, 0) is 47.7 Å². The Kier molecular flexibility index (Phi) is 5.20. The number of hydrogen-bond acceptors (Lipinski definition) is 5. The van der Waals surface area contributed by atoms with Crippen molar-refractivity contribution in [1.82, 2.24) is 9.47 Å². The number of fused-ring (bicyclic) bond motifs is 5. The van der Waals surface area contributed by atoms with Gasteiger partial charge in [-0.1, -0.05) is 36.4 Å². The first-order valence-electron chi connectivity index (χ1n) is 12.0. The molecule has 35 heavy (non-hydrogen) atoms. The third kappa shape index (κ3) is 3.62. The minimum absolute atomic E-state index is 0.0182. The first kappa shape index (κ1) is 21.6. The van der Waals surface area contributed by atoms with Crippen LogP contribution in [0.5, 0.6) is 5.75 Å². The maximum atomic E-state index is 14.2. The minimum atomic E-state index is -0.729. The van der Waals surface area contributed by atoms with Gasteiger partial charge in [0.1, 0.15) is 17.8 Å². The zero-order chi connectivity index (χ0) is 24.1. The van der Waals surface area contributed by atoms with Crippen molar-refractivity contribution in [2.24, 2.45) is 5.92 Å². The molecule has 6 rings (SSSR count). The highest BCUT2D eigenvalue weighted by Crippen LogP contribution is 2.44. The van der Waals surface area contributed by atoms with Crippen molar-refractivity contribution >= 4 is 11.9 Å². The molecule has 4 atom stereocenters. The number of hydrogen-bond donors (Lipinski definition) is 0. The van der Waals surface area contributed by atoms with Crippen molar-refractivity contribution in [3.63, 3.8) is 0 Å². The number of rotatable bonds is 3. The van der Waals surface area contributed by atoms with Gasteiger partial charge in [0.05, 0.1) is 12.7 Å². The normalized spacial score (nSPS) is 24.7. The lowest BCUT2D eigenvalue weighted by Crippen LogP contribution is -2.51. The summed E-state index contributed by atoms with van der Waals surface area (Å²) >= 11 is 0. The Morgan fingerprint density at radius 1 is 0.943 bits per heavy atom. The van der Waals surface area contributed by atoms with Crippen molar-refractivity contribution in [2.75, 3.05) is 20.2 Å². The van der Waals surface area contributed by atoms with E-state index >= 15 is 0 Å². The number of amides is 1. The minimum Gasteiger partial charge on any atom is -0.497 e. The fraction of sp³-hybridized carbons (Fsp3) is 0.321. The molecule has 3 aliphatic heterocycles. The molecule has 7 nitrogen and oxygen atoms in total. The van der Waals surface area contributed by atoms with Crippen molar-refractivity contribution in [3.8, 4) is 5.75 Å². The highest BCUT2D eigenvalue weighted by atomic mass is 16.5. The number of cyclic esters (lactones) is 1. The second-order valence-corrected chi connectivity index (χ2v) is 9.61. The second-order valence-electron chi connectivity index (χ2n) is 9.61. The monoisotopic (exact) mass is 470 g/mol. The third-order valence-corrected chi connectivity index (χ3v) is 7.55. The number of benzene rings is 2. The fourth-order valence-electron chi connectivity index (χ4n) is 5.95. The van der Waals surface area contributed by atoms with Gasteiger partial charge in [0, 0.05) is 37.3 Å². The van der Waals surface area contributed by atoms with Crippen LogP contribution < -0.4 is 10.3 Å². The van der Waals surface area contributed by atoms with E-state index in [1.54, 1.807) is 31.4 Å². The lowest BCUT2D eigenvalue weighted by Gasteiger charge is -2.44. The number of carbonyl (C=O) groups is 2. The summed E-state index contributed by atoms with van der Waals surface area (Å²) in [5.74, 6) is -0.0974. The predicted octanol–water partition coefficient (Wildman–Crippen LogP) is 3.50. The fourth-order valence-corrected chi connectivity index (χ4v) is 5.95. The van der Waals surface area contributed by atoms with Gasteiger partial charge >= 0.3 is 5.97 Å². The van der Waals surface area contributed by atoms with Crippen LogP contribution in [0.15, 0.2) is 71.5 Å². The van der Waals surface area contributed by atoms with Gasteiger partial charge < -0.3 is 18.9 Å². The summed E-state index contributed by atoms with van der Waals surface area (Å²) in [5, 5.41) is 0. The van der Waals surface area contributed by atoms with Gasteiger partial charge in [-0.25, -0.2) is 4.79 Å². The number of methoxy groups -OCH3 is 1. The van der Waals surface area contributed by atoms with Gasteiger partial charge in [0.2, 0.25) is 5.91 Å². The van der Waals surface area contributed by atoms with Crippen molar-refractivity contribution in [2.45, 2.75) is 30.9 Å². The van der Waals surface area contributed by atoms with Crippen LogP contribution in [0.2, 0.25) is 0 Å². The van der Waals surface area contributed by atoms with Gasteiger partial charge in [-0.15, -0.1) is 0 Å². The Bertz CT molecular complexity index is 1360. The van der Waals surface area contributed by atoms with Gasteiger partial charge in [0.15, 0.2) is 0 Å². The van der Waals surface area contributed by atoms with Gasteiger partial charge in [-0.3, -0.25) is 9.59 Å². The number of likely N-dealkylation sites (tertiary alicyclic amines) is 1. The molecule has 178 valence electrons. The number of nitrogens with zero attached hydrogens (tertiary/aromatic N) is 2. The van der Waals surface area contributed by atoms with Gasteiger partial charge in [-0.2, -0.15) is 0 Å². The molecule has 1 fully saturated rings. The lowest BCUT2D eigenvalue weighted by atomic mass is 9.80. The second kappa shape index (κ2) is 8.41. The summed E-state index contributed by atoms with van der Waals surface area (Å²) in [4.78, 5) is 41.4. The Morgan fingerprint density at radius 3 is 2.54 bits per heavy atom. The molecule has 4 unspecified atom stereocenters. The van der Waals surface area contributed by atoms with Crippen molar-refractivity contribution in [3.05, 3.63) is 99.5 Å². The standard InChI is InChI=1S/C28H26N2O5/c1-34-20-11-9-18(10-12-20)26-25(21-5-2-3-6-22(21)28(33)35-26)27(32)29-14-17-13-19(16-29)23-7-4-8-24(31)30(23)15-17/h2-12,17,19,25-26H,13-16H2,1H3. The number of piperidine rings is 1. The van der Waals surface area contributed by atoms with E-state index in [2.05, 4.69) is 0 Å². The van der Waals surface area contributed by atoms with E-state index in [0.29, 0.717) is 36.5 Å². The largest absolute Gasteiger partial charge is 0.497 e. The Hall–Kier alpha value is -3.87. The van der Waals surface area contributed by atoms with E-state index in [0.717, 1.165) is 17.7 Å². The van der Waals surface area contributed by atoms with E-state index in [9.17, 15) is 14.4 Å². The summed E-state index contributed by atoms with van der Waals surface area (Å²) in [6.45, 7) is 1.74. The maximum absolute atomic E-state index is 14.2. The summed E-state index contributed by atoms with van der Waals surface area (Å²) in [5.41, 5.74) is 2.89. The molecule has 7 heteroatoms. The summed E-state index contributed by atoms with van der Waals surface area (Å²) in [6.07, 6.45) is 0.234.